The Labute approximate surface area is 114 Å². The van der Waals surface area contributed by atoms with Crippen molar-refractivity contribution >= 4 is 11.6 Å². The Balaban J connectivity index is 1.84. The summed E-state index contributed by atoms with van der Waals surface area (Å²) in [7, 11) is 0. The van der Waals surface area contributed by atoms with Crippen LogP contribution in [-0.2, 0) is 11.3 Å². The zero-order chi connectivity index (χ0) is 13.7. The van der Waals surface area contributed by atoms with E-state index in [1.165, 1.54) is 18.9 Å². The second kappa shape index (κ2) is 6.68. The van der Waals surface area contributed by atoms with Crippen LogP contribution in [0, 0.1) is 5.92 Å². The molecule has 2 rings (SSSR count). The fraction of sp³-hybridized carbons (Fsp3) is 0.533. The quantitative estimate of drug-likeness (QED) is 0.759. The molecule has 0 aliphatic heterocycles. The molecule has 1 aromatic carbocycles. The summed E-state index contributed by atoms with van der Waals surface area (Å²) in [6.45, 7) is 2.59. The van der Waals surface area contributed by atoms with E-state index in [4.69, 9.17) is 0 Å². The van der Waals surface area contributed by atoms with E-state index in [9.17, 15) is 9.90 Å². The molecule has 104 valence electrons. The van der Waals surface area contributed by atoms with Crippen LogP contribution >= 0.6 is 0 Å². The predicted octanol–water partition coefficient (Wildman–Crippen LogP) is 1.90. The Kier molecular flexibility index (Phi) is 4.93. The summed E-state index contributed by atoms with van der Waals surface area (Å²) in [5.41, 5.74) is 2.02. The van der Waals surface area contributed by atoms with Gasteiger partial charge in [-0.05, 0) is 36.5 Å². The number of anilines is 1. The monoisotopic (exact) mass is 262 g/mol. The summed E-state index contributed by atoms with van der Waals surface area (Å²) in [6, 6.07) is 8.29. The van der Waals surface area contributed by atoms with E-state index in [0.29, 0.717) is 12.0 Å². The molecular formula is C15H22N2O2. The van der Waals surface area contributed by atoms with Crippen molar-refractivity contribution in [3.63, 3.8) is 0 Å². The van der Waals surface area contributed by atoms with Gasteiger partial charge in [0.05, 0.1) is 0 Å². The van der Waals surface area contributed by atoms with E-state index in [2.05, 4.69) is 10.6 Å². The van der Waals surface area contributed by atoms with Crippen LogP contribution in [0.25, 0.3) is 0 Å². The summed E-state index contributed by atoms with van der Waals surface area (Å²) in [5, 5.41) is 15.5. The highest BCUT2D eigenvalue weighted by Crippen LogP contribution is 2.25. The van der Waals surface area contributed by atoms with Gasteiger partial charge in [-0.1, -0.05) is 18.6 Å². The summed E-state index contributed by atoms with van der Waals surface area (Å²) >= 11 is 0. The molecule has 1 amide bonds. The molecule has 0 aromatic heterocycles. The smallest absolute Gasteiger partial charge is 0.221 e. The van der Waals surface area contributed by atoms with Crippen LogP contribution in [0.1, 0.15) is 31.7 Å². The average molecular weight is 262 g/mol. The van der Waals surface area contributed by atoms with E-state index < -0.39 is 0 Å². The molecular weight excluding hydrogens is 240 g/mol. The predicted molar refractivity (Wildman–Crippen MR) is 75.8 cm³/mol. The first-order valence-electron chi connectivity index (χ1n) is 6.90. The highest BCUT2D eigenvalue weighted by molar-refractivity contribution is 5.88. The second-order valence-electron chi connectivity index (χ2n) is 5.24. The molecule has 1 saturated carbocycles. The highest BCUT2D eigenvalue weighted by atomic mass is 16.3. The van der Waals surface area contributed by atoms with Crippen molar-refractivity contribution in [2.45, 2.75) is 38.8 Å². The fourth-order valence-corrected chi connectivity index (χ4v) is 2.68. The summed E-state index contributed by atoms with van der Waals surface area (Å²) in [6.07, 6.45) is 3.47. The number of benzene rings is 1. The summed E-state index contributed by atoms with van der Waals surface area (Å²) in [5.74, 6) is 0.348. The Morgan fingerprint density at radius 3 is 2.68 bits per heavy atom. The van der Waals surface area contributed by atoms with Crippen molar-refractivity contribution in [2.24, 2.45) is 5.92 Å². The molecule has 3 N–H and O–H groups in total. The lowest BCUT2D eigenvalue weighted by Crippen LogP contribution is -2.33. The zero-order valence-corrected chi connectivity index (χ0v) is 11.4. The lowest BCUT2D eigenvalue weighted by Gasteiger charge is -2.19. The van der Waals surface area contributed by atoms with Crippen LogP contribution in [0.3, 0.4) is 0 Å². The maximum absolute atomic E-state index is 10.9. The van der Waals surface area contributed by atoms with Crippen LogP contribution < -0.4 is 10.6 Å². The van der Waals surface area contributed by atoms with Gasteiger partial charge in [0, 0.05) is 31.8 Å². The first-order chi connectivity index (χ1) is 9.19. The first kappa shape index (κ1) is 14.0. The molecule has 2 unspecified atom stereocenters. The van der Waals surface area contributed by atoms with Gasteiger partial charge in [0.1, 0.15) is 0 Å². The minimum absolute atomic E-state index is 0.0531. The van der Waals surface area contributed by atoms with Crippen LogP contribution in [0.2, 0.25) is 0 Å². The average Bonchev–Trinajstić information content (AvgIpc) is 2.84. The van der Waals surface area contributed by atoms with E-state index in [0.717, 1.165) is 25.1 Å². The molecule has 4 heteroatoms. The van der Waals surface area contributed by atoms with Gasteiger partial charge < -0.3 is 15.7 Å². The van der Waals surface area contributed by atoms with Gasteiger partial charge in [0.15, 0.2) is 0 Å². The van der Waals surface area contributed by atoms with Crippen LogP contribution in [0.15, 0.2) is 24.3 Å². The van der Waals surface area contributed by atoms with Crippen LogP contribution in [0.5, 0.6) is 0 Å². The maximum atomic E-state index is 10.9. The molecule has 0 bridgehead atoms. The molecule has 4 nitrogen and oxygen atoms in total. The standard InChI is InChI=1S/C15H22N2O2/c1-11(19)17-14-7-5-12(6-8-14)9-16-15-4-2-3-13(15)10-18/h5-8,13,15-16,18H,2-4,9-10H2,1H3,(H,17,19). The number of aliphatic hydroxyl groups is 1. The number of rotatable bonds is 5. The van der Waals surface area contributed by atoms with Crippen LogP contribution in [-0.4, -0.2) is 23.7 Å². The number of carbonyl (C=O) groups is 1. The van der Waals surface area contributed by atoms with Crippen molar-refractivity contribution in [1.29, 1.82) is 0 Å². The number of carbonyl (C=O) groups excluding carboxylic acids is 1. The van der Waals surface area contributed by atoms with Gasteiger partial charge in [-0.15, -0.1) is 0 Å². The maximum Gasteiger partial charge on any atom is 0.221 e. The Bertz CT molecular complexity index is 417. The SMILES string of the molecule is CC(=O)Nc1ccc(CNC2CCCC2CO)cc1. The largest absolute Gasteiger partial charge is 0.396 e. The Morgan fingerprint density at radius 1 is 1.32 bits per heavy atom. The van der Waals surface area contributed by atoms with Crippen molar-refractivity contribution in [2.75, 3.05) is 11.9 Å². The Hall–Kier alpha value is -1.39. The van der Waals surface area contributed by atoms with Crippen molar-refractivity contribution < 1.29 is 9.90 Å². The van der Waals surface area contributed by atoms with Gasteiger partial charge in [0.2, 0.25) is 5.91 Å². The van der Waals surface area contributed by atoms with Gasteiger partial charge in [-0.2, -0.15) is 0 Å². The molecule has 0 saturated heterocycles. The van der Waals surface area contributed by atoms with E-state index in [1.54, 1.807) is 0 Å². The van der Waals surface area contributed by atoms with Gasteiger partial charge in [0.25, 0.3) is 0 Å². The molecule has 1 aliphatic carbocycles. The Morgan fingerprint density at radius 2 is 2.05 bits per heavy atom. The lowest BCUT2D eigenvalue weighted by molar-refractivity contribution is -0.114. The minimum atomic E-state index is -0.0531. The van der Waals surface area contributed by atoms with Crippen LogP contribution in [0.4, 0.5) is 5.69 Å². The number of hydrogen-bond donors (Lipinski definition) is 3. The van der Waals surface area contributed by atoms with Crippen molar-refractivity contribution in [3.05, 3.63) is 29.8 Å². The third-order valence-corrected chi connectivity index (χ3v) is 3.74. The highest BCUT2D eigenvalue weighted by Gasteiger charge is 2.25. The number of nitrogens with one attached hydrogen (secondary N) is 2. The number of aliphatic hydroxyl groups excluding tert-OH is 1. The van der Waals surface area contributed by atoms with Gasteiger partial charge in [-0.3, -0.25) is 4.79 Å². The lowest BCUT2D eigenvalue weighted by atomic mass is 10.0. The fourth-order valence-electron chi connectivity index (χ4n) is 2.68. The van der Waals surface area contributed by atoms with Gasteiger partial charge in [-0.25, -0.2) is 0 Å². The molecule has 0 heterocycles. The molecule has 1 fully saturated rings. The van der Waals surface area contributed by atoms with Crippen molar-refractivity contribution in [1.82, 2.24) is 5.32 Å². The minimum Gasteiger partial charge on any atom is -0.396 e. The molecule has 0 radical (unpaired) electrons. The number of amides is 1. The molecule has 0 spiro atoms. The van der Waals surface area contributed by atoms with E-state index in [1.807, 2.05) is 24.3 Å². The summed E-state index contributed by atoms with van der Waals surface area (Å²) < 4.78 is 0. The summed E-state index contributed by atoms with van der Waals surface area (Å²) in [4.78, 5) is 10.9. The molecule has 1 aromatic rings. The normalized spacial score (nSPS) is 22.4. The third kappa shape index (κ3) is 4.04. The molecule has 19 heavy (non-hydrogen) atoms. The topological polar surface area (TPSA) is 61.4 Å². The van der Waals surface area contributed by atoms with Crippen molar-refractivity contribution in [3.8, 4) is 0 Å². The van der Waals surface area contributed by atoms with Gasteiger partial charge >= 0.3 is 0 Å². The van der Waals surface area contributed by atoms with E-state index in [-0.39, 0.29) is 12.5 Å². The van der Waals surface area contributed by atoms with E-state index >= 15 is 0 Å². The zero-order valence-electron chi connectivity index (χ0n) is 11.4. The first-order valence-corrected chi connectivity index (χ1v) is 6.90. The molecule has 2 atom stereocenters. The number of hydrogen-bond acceptors (Lipinski definition) is 3. The molecule has 1 aliphatic rings. The third-order valence-electron chi connectivity index (χ3n) is 3.74. The second-order valence-corrected chi connectivity index (χ2v) is 5.24.